The molecule has 598 valence electrons. The maximum Gasteiger partial charge on any atom is 0.145 e. The van der Waals surface area contributed by atoms with Gasteiger partial charge in [-0.2, -0.15) is 0 Å². The lowest BCUT2D eigenvalue weighted by molar-refractivity contribution is 0.0585. The van der Waals surface area contributed by atoms with Crippen LogP contribution >= 0.6 is 11.6 Å². The molecule has 0 atom stereocenters. The highest BCUT2D eigenvalue weighted by Gasteiger charge is 2.30. The Balaban J connectivity index is 0.000000424. The van der Waals surface area contributed by atoms with Crippen molar-refractivity contribution in [3.05, 3.63) is 251 Å². The molecule has 0 amide bonds. The number of likely N-dealkylation sites (tertiary alicyclic amines) is 1. The van der Waals surface area contributed by atoms with E-state index < -0.39 is 6.17 Å². The van der Waals surface area contributed by atoms with E-state index in [1.807, 2.05) is 118 Å². The Kier molecular flexibility index (Phi) is 36.8. The number of alkyl halides is 1. The average molecular weight is 1510 g/mol. The number of ether oxygens (including phenoxy) is 1. The summed E-state index contributed by atoms with van der Waals surface area (Å²) in [5.41, 5.74) is 25.7. The largest absolute Gasteiger partial charge is 0.380 e. The summed E-state index contributed by atoms with van der Waals surface area (Å²) in [6, 6.07) is 38.0. The molecule has 14 heteroatoms. The lowest BCUT2D eigenvalue weighted by Gasteiger charge is -2.35. The lowest BCUT2D eigenvalue weighted by Crippen LogP contribution is -2.47. The smallest absolute Gasteiger partial charge is 0.145 e. The maximum absolute atomic E-state index is 13.2. The highest BCUT2D eigenvalue weighted by molar-refractivity contribution is 6.31. The molecule has 0 spiro atoms. The molecule has 0 saturated carbocycles. The van der Waals surface area contributed by atoms with Crippen molar-refractivity contribution in [3.63, 3.8) is 0 Å². The second kappa shape index (κ2) is 41.1. The van der Waals surface area contributed by atoms with E-state index >= 15 is 0 Å². The van der Waals surface area contributed by atoms with Crippen molar-refractivity contribution in [1.82, 2.24) is 49.8 Å². The predicted octanol–water partition coefficient (Wildman–Crippen LogP) is 25.2. The van der Waals surface area contributed by atoms with Gasteiger partial charge in [0.2, 0.25) is 0 Å². The third kappa shape index (κ3) is 33.1. The van der Waals surface area contributed by atoms with E-state index in [1.54, 1.807) is 19.4 Å². The zero-order valence-electron chi connectivity index (χ0n) is 73.5. The summed E-state index contributed by atoms with van der Waals surface area (Å²) in [5.74, 6) is -0.215. The minimum atomic E-state index is -0.633. The van der Waals surface area contributed by atoms with Gasteiger partial charge in [0.15, 0.2) is 0 Å². The first-order valence-electron chi connectivity index (χ1n) is 38.1. The fraction of sp³-hybridized carbons (Fsp3) is 0.526. The Bertz CT molecular complexity index is 3940. The molecule has 10 heterocycles. The molecule has 109 heavy (non-hydrogen) atoms. The first-order chi connectivity index (χ1) is 49.3. The second-order valence-electron chi connectivity index (χ2n) is 37.1. The summed E-state index contributed by atoms with van der Waals surface area (Å²) < 4.78 is 31.2. The van der Waals surface area contributed by atoms with Gasteiger partial charge >= 0.3 is 0 Å². The summed E-state index contributed by atoms with van der Waals surface area (Å²) in [7, 11) is 1.71. The molecule has 0 bridgehead atoms. The molecule has 1 aliphatic heterocycles. The van der Waals surface area contributed by atoms with E-state index in [2.05, 4.69) is 272 Å². The molecule has 11 nitrogen and oxygen atoms in total. The quantitative estimate of drug-likeness (QED) is 0.163. The molecule has 10 rings (SSSR count). The highest BCUT2D eigenvalue weighted by atomic mass is 35.5. The van der Waals surface area contributed by atoms with Crippen LogP contribution in [0, 0.1) is 82.0 Å². The van der Waals surface area contributed by atoms with Crippen molar-refractivity contribution in [2.45, 2.75) is 312 Å². The van der Waals surface area contributed by atoms with Crippen molar-refractivity contribution < 1.29 is 13.5 Å². The van der Waals surface area contributed by atoms with Crippen molar-refractivity contribution in [2.24, 2.45) is 0 Å². The number of methoxy groups -OCH3 is 1. The Labute approximate surface area is 666 Å². The summed E-state index contributed by atoms with van der Waals surface area (Å²) in [4.78, 5) is 42.7. The van der Waals surface area contributed by atoms with Crippen LogP contribution in [0.3, 0.4) is 0 Å². The van der Waals surface area contributed by atoms with E-state index in [9.17, 15) is 8.78 Å². The minimum absolute atomic E-state index is 0. The van der Waals surface area contributed by atoms with E-state index in [4.69, 9.17) is 21.3 Å². The van der Waals surface area contributed by atoms with Crippen LogP contribution in [0.1, 0.15) is 292 Å². The van der Waals surface area contributed by atoms with Crippen LogP contribution in [0.5, 0.6) is 0 Å². The second-order valence-corrected chi connectivity index (χ2v) is 37.5. The number of halogens is 3. The Hall–Kier alpha value is -7.58. The van der Waals surface area contributed by atoms with E-state index in [1.165, 1.54) is 56.5 Å². The van der Waals surface area contributed by atoms with Gasteiger partial charge in [0.05, 0.1) is 45.8 Å². The van der Waals surface area contributed by atoms with Gasteiger partial charge in [0, 0.05) is 139 Å². The van der Waals surface area contributed by atoms with E-state index in [-0.39, 0.29) is 56.6 Å². The summed E-state index contributed by atoms with van der Waals surface area (Å²) >= 11 is 6.02. The van der Waals surface area contributed by atoms with Crippen molar-refractivity contribution in [1.29, 1.82) is 0 Å². The first-order valence-corrected chi connectivity index (χ1v) is 38.5. The number of rotatable bonds is 5. The fourth-order valence-electron chi connectivity index (χ4n) is 12.0. The van der Waals surface area contributed by atoms with Gasteiger partial charge in [-0.25, -0.2) is 8.78 Å². The molecule has 1 aliphatic rings. The number of nitrogens with zero attached hydrogens (tertiary/aromatic N) is 10. The molecule has 1 saturated heterocycles. The first kappa shape index (κ1) is 97.5. The Morgan fingerprint density at radius 2 is 0.642 bits per heavy atom. The number of hydrogen-bond acceptors (Lipinski definition) is 11. The number of aryl methyl sites for hydroxylation is 11. The summed E-state index contributed by atoms with van der Waals surface area (Å²) in [6.07, 6.45) is 1.17. The number of pyridine rings is 9. The van der Waals surface area contributed by atoms with Crippen LogP contribution in [0.4, 0.5) is 8.78 Å². The van der Waals surface area contributed by atoms with Gasteiger partial charge in [-0.3, -0.25) is 49.8 Å². The summed E-state index contributed by atoms with van der Waals surface area (Å²) in [6.45, 7) is 76.6. The van der Waals surface area contributed by atoms with Crippen LogP contribution in [0.2, 0.25) is 5.02 Å². The van der Waals surface area contributed by atoms with Crippen LogP contribution in [-0.2, 0) is 61.2 Å². The van der Waals surface area contributed by atoms with Crippen LogP contribution in [-0.4, -0.2) is 76.1 Å². The fourth-order valence-corrected chi connectivity index (χ4v) is 12.4. The molecule has 9 aromatic heterocycles. The third-order valence-corrected chi connectivity index (χ3v) is 17.5. The molecule has 9 aromatic rings. The lowest BCUT2D eigenvalue weighted by atomic mass is 9.87. The van der Waals surface area contributed by atoms with E-state index in [0.717, 1.165) is 85.6 Å². The molecular weight excluding hydrogens is 1370 g/mol. The molecule has 0 N–H and O–H groups in total. The normalized spacial score (nSPS) is 12.6. The third-order valence-electron chi connectivity index (χ3n) is 17.2. The molecule has 0 aliphatic carbocycles. The van der Waals surface area contributed by atoms with Crippen molar-refractivity contribution in [3.8, 4) is 11.4 Å². The predicted molar refractivity (Wildman–Crippen MR) is 461 cm³/mol. The molecular formula is C95H141ClF2N10O. The zero-order valence-corrected chi connectivity index (χ0v) is 74.2. The Morgan fingerprint density at radius 1 is 0.349 bits per heavy atom. The number of hydrogen-bond donors (Lipinski definition) is 0. The monoisotopic (exact) mass is 1510 g/mol. The van der Waals surface area contributed by atoms with Gasteiger partial charge in [-0.15, -0.1) is 0 Å². The van der Waals surface area contributed by atoms with Crippen LogP contribution in [0.15, 0.2) is 121 Å². The molecule has 1 fully saturated rings. The van der Waals surface area contributed by atoms with Crippen LogP contribution in [0.25, 0.3) is 11.4 Å². The topological polar surface area (TPSA) is 128 Å². The summed E-state index contributed by atoms with van der Waals surface area (Å²) in [5, 5.41) is 0.758. The van der Waals surface area contributed by atoms with Gasteiger partial charge < -0.3 is 4.74 Å². The molecule has 0 radical (unpaired) electrons. The van der Waals surface area contributed by atoms with Gasteiger partial charge in [-0.1, -0.05) is 228 Å². The standard InChI is InChI=1S/C15H18N2.C14H21FN2.C12H19NO.3C11H17N.C10H14ClN.C10H14FN.CH4/c1-11-8-9-13(12-7-5-6-10-16-12)17-14(11)15(2,3)4;1-10-5-6-11(7-17-8-12(15)9-17)13(16-10)14(2,3)4;1-9-6-7-10(8-14-5)11(13-9)12(2,3)4;3*1-8-6-7-9(2)12-10(8)11(3,4)5;2*1-7-5-6-8(11)9(12-7)10(2,3)4;/h5-10H,1-4H3;5-6,12H,7-9H2,1-4H3;6-7H,8H2,1-5H3;3*6-7H,1-5H3;2*5-6H,1-4H3;1H4. The van der Waals surface area contributed by atoms with Gasteiger partial charge in [0.1, 0.15) is 12.0 Å². The van der Waals surface area contributed by atoms with Crippen LogP contribution < -0.4 is 0 Å². The SMILES string of the molecule is C.COCc1ccc(C)nc1C(C)(C)C.Cc1ccc(-c2ccccn2)nc1C(C)(C)C.Cc1ccc(C)c(C(C)(C)C)n1.Cc1ccc(C)c(C(C)(C)C)n1.Cc1ccc(C)c(C(C)(C)C)n1.Cc1ccc(CN2CC(F)C2)c(C(C)(C)C)n1.Cc1ccc(Cl)c(C(C)(C)C)n1.Cc1ccc(F)c(C(C)(C)C)n1. The Morgan fingerprint density at radius 3 is 0.954 bits per heavy atom. The van der Waals surface area contributed by atoms with Crippen molar-refractivity contribution >= 4 is 11.6 Å². The maximum atomic E-state index is 13.2. The zero-order chi connectivity index (χ0) is 82.6. The van der Waals surface area contributed by atoms with Gasteiger partial charge in [0.25, 0.3) is 0 Å². The minimum Gasteiger partial charge on any atom is -0.380 e. The molecule has 0 aromatic carbocycles. The van der Waals surface area contributed by atoms with Crippen molar-refractivity contribution in [2.75, 3.05) is 20.2 Å². The molecule has 0 unspecified atom stereocenters. The highest BCUT2D eigenvalue weighted by Crippen LogP contribution is 2.32. The average Bonchev–Trinajstić information content (AvgIpc) is 0.822. The van der Waals surface area contributed by atoms with E-state index in [0.29, 0.717) is 25.4 Å². The van der Waals surface area contributed by atoms with Gasteiger partial charge in [-0.05, 0) is 182 Å². The number of aromatic nitrogens is 9.